The van der Waals surface area contributed by atoms with Crippen molar-refractivity contribution < 1.29 is 23.8 Å². The van der Waals surface area contributed by atoms with Crippen LogP contribution in [0.4, 0.5) is 10.5 Å². The molecule has 2 aromatic carbocycles. The highest BCUT2D eigenvalue weighted by molar-refractivity contribution is 5.82. The van der Waals surface area contributed by atoms with Crippen LogP contribution in [-0.4, -0.2) is 25.4 Å². The molecule has 0 aliphatic rings. The predicted octanol–water partition coefficient (Wildman–Crippen LogP) is 9.75. The summed E-state index contributed by atoms with van der Waals surface area (Å²) in [5, 5.41) is 0. The Kier molecular flexibility index (Phi) is 17.1. The lowest BCUT2D eigenvalue weighted by molar-refractivity contribution is -0.134. The number of unbranched alkanes of at least 4 members (excludes halogenated alkanes) is 14. The largest absolute Gasteiger partial charge is 0.513 e. The van der Waals surface area contributed by atoms with Crippen molar-refractivity contribution in [1.29, 1.82) is 0 Å². The van der Waals surface area contributed by atoms with Crippen molar-refractivity contribution in [2.75, 3.05) is 7.11 Å². The number of ether oxygens (including phenoxy) is 3. The van der Waals surface area contributed by atoms with E-state index in [1.807, 2.05) is 12.1 Å². The van der Waals surface area contributed by atoms with E-state index in [1.165, 1.54) is 90.6 Å². The molecule has 0 spiro atoms. The summed E-state index contributed by atoms with van der Waals surface area (Å²) in [6, 6.07) is 14.0. The summed E-state index contributed by atoms with van der Waals surface area (Å²) >= 11 is 0. The molecule has 2 rings (SSSR count). The number of carbonyl (C=O) groups excluding carboxylic acids is 2. The molecule has 0 aromatic heterocycles. The average molecular weight is 538 g/mol. The predicted molar refractivity (Wildman–Crippen MR) is 158 cm³/mol. The highest BCUT2D eigenvalue weighted by Crippen LogP contribution is 2.19. The van der Waals surface area contributed by atoms with Crippen LogP contribution in [0.1, 0.15) is 115 Å². The van der Waals surface area contributed by atoms with E-state index in [0.717, 1.165) is 18.4 Å². The lowest BCUT2D eigenvalue weighted by atomic mass is 10.0. The second-order valence-corrected chi connectivity index (χ2v) is 10.1. The average Bonchev–Trinajstić information content (AvgIpc) is 2.95. The molecule has 0 aliphatic heterocycles. The number of esters is 1. The molecule has 0 unspecified atom stereocenters. The van der Waals surface area contributed by atoms with Gasteiger partial charge in [0.05, 0.1) is 12.8 Å². The number of methoxy groups -OCH3 is 1. The fourth-order valence-electron chi connectivity index (χ4n) is 4.33. The van der Waals surface area contributed by atoms with Crippen LogP contribution in [0.15, 0.2) is 53.5 Å². The number of benzene rings is 2. The number of nitrogens with zero attached hydrogens (tertiary/aromatic N) is 1. The molecule has 0 saturated heterocycles. The molecule has 6 heteroatoms. The molecule has 0 fully saturated rings. The third kappa shape index (κ3) is 15.8. The van der Waals surface area contributed by atoms with Gasteiger partial charge in [-0.2, -0.15) is 0 Å². The highest BCUT2D eigenvalue weighted by atomic mass is 16.7. The molecule has 0 saturated carbocycles. The van der Waals surface area contributed by atoms with Crippen molar-refractivity contribution in [3.05, 3.63) is 54.1 Å². The number of hydrogen-bond acceptors (Lipinski definition) is 6. The van der Waals surface area contributed by atoms with E-state index >= 15 is 0 Å². The fourth-order valence-corrected chi connectivity index (χ4v) is 4.33. The van der Waals surface area contributed by atoms with Gasteiger partial charge in [0.2, 0.25) is 0 Å². The second kappa shape index (κ2) is 20.8. The van der Waals surface area contributed by atoms with Gasteiger partial charge in [0.15, 0.2) is 0 Å². The number of aliphatic imine (C=N–C) groups is 1. The minimum absolute atomic E-state index is 0.180. The summed E-state index contributed by atoms with van der Waals surface area (Å²) in [4.78, 5) is 27.7. The minimum Gasteiger partial charge on any atom is -0.437 e. The van der Waals surface area contributed by atoms with Crippen LogP contribution in [0, 0.1) is 0 Å². The van der Waals surface area contributed by atoms with E-state index in [4.69, 9.17) is 9.47 Å². The van der Waals surface area contributed by atoms with E-state index in [1.54, 1.807) is 42.6 Å². The Morgan fingerprint density at radius 2 is 1.10 bits per heavy atom. The number of rotatable bonds is 20. The zero-order chi connectivity index (χ0) is 28.0. The van der Waals surface area contributed by atoms with E-state index in [9.17, 15) is 9.59 Å². The highest BCUT2D eigenvalue weighted by Gasteiger charge is 2.05. The van der Waals surface area contributed by atoms with Gasteiger partial charge in [0, 0.05) is 12.6 Å². The molecular weight excluding hydrogens is 490 g/mol. The minimum atomic E-state index is -0.762. The van der Waals surface area contributed by atoms with Gasteiger partial charge in [0.1, 0.15) is 11.5 Å². The Labute approximate surface area is 235 Å². The van der Waals surface area contributed by atoms with Crippen LogP contribution in [0.5, 0.6) is 11.5 Å². The van der Waals surface area contributed by atoms with Crippen molar-refractivity contribution >= 4 is 24.0 Å². The molecule has 0 amide bonds. The second-order valence-electron chi connectivity index (χ2n) is 10.1. The van der Waals surface area contributed by atoms with Gasteiger partial charge in [0.25, 0.3) is 0 Å². The molecule has 0 N–H and O–H groups in total. The van der Waals surface area contributed by atoms with Gasteiger partial charge < -0.3 is 14.2 Å². The molecule has 0 bridgehead atoms. The topological polar surface area (TPSA) is 74.2 Å². The molecule has 6 nitrogen and oxygen atoms in total. The maximum absolute atomic E-state index is 12.2. The van der Waals surface area contributed by atoms with Crippen LogP contribution in [0.3, 0.4) is 0 Å². The summed E-state index contributed by atoms with van der Waals surface area (Å²) < 4.78 is 14.9. The van der Waals surface area contributed by atoms with Crippen LogP contribution in [0.2, 0.25) is 0 Å². The normalized spacial score (nSPS) is 11.0. The molecule has 39 heavy (non-hydrogen) atoms. The summed E-state index contributed by atoms with van der Waals surface area (Å²) in [5.41, 5.74) is 1.60. The lowest BCUT2D eigenvalue weighted by Crippen LogP contribution is -2.07. The molecule has 2 aromatic rings. The molecule has 0 atom stereocenters. The van der Waals surface area contributed by atoms with Crippen LogP contribution in [0.25, 0.3) is 0 Å². The van der Waals surface area contributed by atoms with Gasteiger partial charge in [-0.1, -0.05) is 96.8 Å². The first-order chi connectivity index (χ1) is 19.1. The summed E-state index contributed by atoms with van der Waals surface area (Å²) in [5.74, 6) is 0.749. The molecule has 0 radical (unpaired) electrons. The van der Waals surface area contributed by atoms with Crippen molar-refractivity contribution in [3.8, 4) is 11.5 Å². The summed E-state index contributed by atoms with van der Waals surface area (Å²) in [6.45, 7) is 2.27. The van der Waals surface area contributed by atoms with Crippen LogP contribution >= 0.6 is 0 Å². The summed E-state index contributed by atoms with van der Waals surface area (Å²) in [6.07, 6.45) is 21.0. The Balaban J connectivity index is 1.50. The third-order valence-electron chi connectivity index (χ3n) is 6.66. The monoisotopic (exact) mass is 537 g/mol. The Bertz CT molecular complexity index is 953. The van der Waals surface area contributed by atoms with Crippen LogP contribution < -0.4 is 9.47 Å². The molecule has 0 heterocycles. The van der Waals surface area contributed by atoms with Gasteiger partial charge in [-0.05, 0) is 60.5 Å². The molecule has 214 valence electrons. The van der Waals surface area contributed by atoms with Crippen molar-refractivity contribution in [2.45, 2.75) is 110 Å². The van der Waals surface area contributed by atoms with Gasteiger partial charge in [-0.25, -0.2) is 4.79 Å². The van der Waals surface area contributed by atoms with Crippen molar-refractivity contribution in [1.82, 2.24) is 0 Å². The van der Waals surface area contributed by atoms with E-state index in [2.05, 4.69) is 16.7 Å². The third-order valence-corrected chi connectivity index (χ3v) is 6.66. The van der Waals surface area contributed by atoms with Crippen molar-refractivity contribution in [2.24, 2.45) is 4.99 Å². The van der Waals surface area contributed by atoms with Crippen molar-refractivity contribution in [3.63, 3.8) is 0 Å². The van der Waals surface area contributed by atoms with Gasteiger partial charge >= 0.3 is 12.1 Å². The Morgan fingerprint density at radius 3 is 1.62 bits per heavy atom. The molecular formula is C33H47NO5. The standard InChI is InChI=1S/C33H47NO5/c1-3-4-5-6-7-8-9-10-11-12-13-14-15-16-17-18-32(35)38-30-23-19-28(20-24-30)27-34-29-21-25-31(26-22-29)39-33(36)37-2/h19-27H,3-18H2,1-2H3. The smallest absolute Gasteiger partial charge is 0.437 e. The SMILES string of the molecule is CCCCCCCCCCCCCCCCCC(=O)Oc1ccc(C=Nc2ccc(OC(=O)OC)cc2)cc1. The number of hydrogen-bond donors (Lipinski definition) is 0. The first-order valence-electron chi connectivity index (χ1n) is 14.8. The van der Waals surface area contributed by atoms with Crippen LogP contribution in [-0.2, 0) is 9.53 Å². The van der Waals surface area contributed by atoms with Gasteiger partial charge in [-0.15, -0.1) is 0 Å². The Morgan fingerprint density at radius 1 is 0.641 bits per heavy atom. The quantitative estimate of drug-likeness (QED) is 0.0552. The lowest BCUT2D eigenvalue weighted by Gasteiger charge is -2.05. The van der Waals surface area contributed by atoms with E-state index in [-0.39, 0.29) is 5.97 Å². The van der Waals surface area contributed by atoms with Gasteiger partial charge in [-0.3, -0.25) is 9.79 Å². The summed E-state index contributed by atoms with van der Waals surface area (Å²) in [7, 11) is 1.26. The zero-order valence-electron chi connectivity index (χ0n) is 24.0. The maximum atomic E-state index is 12.2. The first kappa shape index (κ1) is 32.1. The first-order valence-corrected chi connectivity index (χ1v) is 14.8. The maximum Gasteiger partial charge on any atom is 0.513 e. The van der Waals surface area contributed by atoms with E-state index in [0.29, 0.717) is 23.6 Å². The zero-order valence-corrected chi connectivity index (χ0v) is 24.0. The Hall–Kier alpha value is -3.15. The fraction of sp³-hybridized carbons (Fsp3) is 0.545. The van der Waals surface area contributed by atoms with E-state index < -0.39 is 6.16 Å². The number of carbonyl (C=O) groups is 2. The molecule has 0 aliphatic carbocycles.